The lowest BCUT2D eigenvalue weighted by molar-refractivity contribution is 0.0455. The molecule has 21 heavy (non-hydrogen) atoms. The second-order valence-electron chi connectivity index (χ2n) is 6.02. The fraction of sp³-hybridized carbons (Fsp3) is 0.643. The van der Waals surface area contributed by atoms with Gasteiger partial charge in [-0.1, -0.05) is 13.8 Å². The van der Waals surface area contributed by atoms with Gasteiger partial charge in [0.2, 0.25) is 0 Å². The van der Waals surface area contributed by atoms with Crippen molar-refractivity contribution in [2.24, 2.45) is 11.8 Å². The molecule has 3 unspecified atom stereocenters. The minimum atomic E-state index is -3.79. The molecule has 1 aromatic rings. The molecule has 0 radical (unpaired) electrons. The summed E-state index contributed by atoms with van der Waals surface area (Å²) in [4.78, 5) is 14.6. The minimum absolute atomic E-state index is 0.0678. The third kappa shape index (κ3) is 3.27. The lowest BCUT2D eigenvalue weighted by Crippen LogP contribution is -2.48. The van der Waals surface area contributed by atoms with Gasteiger partial charge in [0, 0.05) is 28.6 Å². The van der Waals surface area contributed by atoms with Crippen LogP contribution in [-0.2, 0) is 9.05 Å². The summed E-state index contributed by atoms with van der Waals surface area (Å²) in [6, 6.07) is 0.157. The Morgan fingerprint density at radius 1 is 1.38 bits per heavy atom. The van der Waals surface area contributed by atoms with E-state index in [9.17, 15) is 13.2 Å². The van der Waals surface area contributed by atoms with Gasteiger partial charge in [-0.3, -0.25) is 4.79 Å². The largest absolute Gasteiger partial charge is 0.335 e. The van der Waals surface area contributed by atoms with E-state index < -0.39 is 9.05 Å². The molecule has 3 atom stereocenters. The van der Waals surface area contributed by atoms with Crippen LogP contribution < -0.4 is 0 Å². The van der Waals surface area contributed by atoms with Crippen molar-refractivity contribution in [1.29, 1.82) is 0 Å². The fourth-order valence-corrected chi connectivity index (χ4v) is 5.53. The highest BCUT2D eigenvalue weighted by Crippen LogP contribution is 2.33. The van der Waals surface area contributed by atoms with E-state index in [-0.39, 0.29) is 16.2 Å². The van der Waals surface area contributed by atoms with Crippen LogP contribution in [0.3, 0.4) is 0 Å². The number of hydrogen-bond donors (Lipinski definition) is 0. The predicted molar refractivity (Wildman–Crippen MR) is 85.5 cm³/mol. The molecule has 0 aromatic carbocycles. The van der Waals surface area contributed by atoms with Crippen molar-refractivity contribution in [1.82, 2.24) is 4.90 Å². The van der Waals surface area contributed by atoms with Gasteiger partial charge >= 0.3 is 0 Å². The van der Waals surface area contributed by atoms with Gasteiger partial charge in [-0.15, -0.1) is 11.3 Å². The van der Waals surface area contributed by atoms with E-state index in [2.05, 4.69) is 20.8 Å². The molecule has 1 amide bonds. The van der Waals surface area contributed by atoms with Crippen molar-refractivity contribution >= 4 is 37.0 Å². The lowest BCUT2D eigenvalue weighted by Gasteiger charge is -2.41. The maximum Gasteiger partial charge on any atom is 0.271 e. The zero-order valence-electron chi connectivity index (χ0n) is 12.6. The molecule has 7 heteroatoms. The van der Waals surface area contributed by atoms with Crippen molar-refractivity contribution in [2.45, 2.75) is 44.4 Å². The standard InChI is InChI=1S/C14H20ClNO3S2/c1-8-5-9(2)11(4)16(6-8)13(17)12-7-20-14(10(12)3)21(15,18)19/h7-9,11H,5-6H2,1-4H3. The molecule has 2 rings (SSSR count). The number of amides is 1. The highest BCUT2D eigenvalue weighted by Gasteiger charge is 2.34. The molecule has 0 saturated carbocycles. The van der Waals surface area contributed by atoms with Gasteiger partial charge in [-0.25, -0.2) is 8.42 Å². The number of piperidine rings is 1. The number of halogens is 1. The molecule has 1 fully saturated rings. The number of carbonyl (C=O) groups is 1. The van der Waals surface area contributed by atoms with Gasteiger partial charge in [0.25, 0.3) is 15.0 Å². The van der Waals surface area contributed by atoms with Crippen LogP contribution in [0.2, 0.25) is 0 Å². The Kier molecular flexibility index (Phi) is 4.71. The first-order chi connectivity index (χ1) is 9.62. The molecule has 118 valence electrons. The Bertz CT molecular complexity index is 653. The summed E-state index contributed by atoms with van der Waals surface area (Å²) in [5.41, 5.74) is 0.908. The zero-order valence-corrected chi connectivity index (χ0v) is 15.0. The van der Waals surface area contributed by atoms with Crippen molar-refractivity contribution in [3.8, 4) is 0 Å². The van der Waals surface area contributed by atoms with Crippen molar-refractivity contribution in [3.05, 3.63) is 16.5 Å². The summed E-state index contributed by atoms with van der Waals surface area (Å²) >= 11 is 1.01. The Hall–Kier alpha value is -0.590. The zero-order chi connectivity index (χ0) is 15.9. The van der Waals surface area contributed by atoms with E-state index in [0.29, 0.717) is 29.5 Å². The monoisotopic (exact) mass is 349 g/mol. The summed E-state index contributed by atoms with van der Waals surface area (Å²) in [6.45, 7) is 8.69. The highest BCUT2D eigenvalue weighted by atomic mass is 35.7. The molecule has 1 saturated heterocycles. The normalized spacial score (nSPS) is 26.9. The summed E-state index contributed by atoms with van der Waals surface area (Å²) in [5, 5.41) is 1.60. The molecule has 2 heterocycles. The molecule has 0 spiro atoms. The number of carbonyl (C=O) groups excluding carboxylic acids is 1. The lowest BCUT2D eigenvalue weighted by atomic mass is 9.85. The van der Waals surface area contributed by atoms with E-state index in [1.807, 2.05) is 4.90 Å². The average Bonchev–Trinajstić information content (AvgIpc) is 2.74. The first-order valence-electron chi connectivity index (χ1n) is 6.96. The van der Waals surface area contributed by atoms with Gasteiger partial charge < -0.3 is 4.90 Å². The second-order valence-corrected chi connectivity index (χ2v) is 9.66. The summed E-state index contributed by atoms with van der Waals surface area (Å²) in [6.07, 6.45) is 1.11. The van der Waals surface area contributed by atoms with Crippen molar-refractivity contribution in [3.63, 3.8) is 0 Å². The average molecular weight is 350 g/mol. The van der Waals surface area contributed by atoms with Gasteiger partial charge in [0.05, 0.1) is 5.56 Å². The van der Waals surface area contributed by atoms with Crippen LogP contribution in [0, 0.1) is 18.8 Å². The van der Waals surface area contributed by atoms with Crippen LogP contribution in [0.4, 0.5) is 0 Å². The number of likely N-dealkylation sites (tertiary alicyclic amines) is 1. The maximum atomic E-state index is 12.8. The van der Waals surface area contributed by atoms with Crippen LogP contribution >= 0.6 is 22.0 Å². The van der Waals surface area contributed by atoms with Crippen molar-refractivity contribution in [2.75, 3.05) is 6.54 Å². The van der Waals surface area contributed by atoms with Crippen LogP contribution in [0.15, 0.2) is 9.59 Å². The second kappa shape index (κ2) is 5.89. The quantitative estimate of drug-likeness (QED) is 0.768. The molecule has 4 nitrogen and oxygen atoms in total. The van der Waals surface area contributed by atoms with Gasteiger partial charge in [-0.05, 0) is 37.7 Å². The Balaban J connectivity index is 2.34. The van der Waals surface area contributed by atoms with Gasteiger partial charge in [0.15, 0.2) is 0 Å². The number of hydrogen-bond acceptors (Lipinski definition) is 4. The van der Waals surface area contributed by atoms with Crippen LogP contribution in [0.1, 0.15) is 43.1 Å². The summed E-state index contributed by atoms with van der Waals surface area (Å²) < 4.78 is 23.0. The third-order valence-corrected chi connectivity index (χ3v) is 7.61. The Morgan fingerprint density at radius 2 is 2.00 bits per heavy atom. The van der Waals surface area contributed by atoms with E-state index in [1.54, 1.807) is 12.3 Å². The first-order valence-corrected chi connectivity index (χ1v) is 10.2. The third-order valence-electron chi connectivity index (χ3n) is 4.30. The van der Waals surface area contributed by atoms with Crippen LogP contribution in [-0.4, -0.2) is 31.8 Å². The smallest absolute Gasteiger partial charge is 0.271 e. The summed E-state index contributed by atoms with van der Waals surface area (Å²) in [7, 11) is 1.61. The fourth-order valence-electron chi connectivity index (χ4n) is 2.99. The SMILES string of the molecule is Cc1c(C(=O)N2CC(C)CC(C)C2C)csc1S(=O)(=O)Cl. The number of rotatable bonds is 2. The minimum Gasteiger partial charge on any atom is -0.335 e. The number of nitrogens with zero attached hydrogens (tertiary/aromatic N) is 1. The molecular weight excluding hydrogens is 330 g/mol. The van der Waals surface area contributed by atoms with Gasteiger partial charge in [-0.2, -0.15) is 0 Å². The molecule has 0 N–H and O–H groups in total. The molecule has 1 aliphatic rings. The molecular formula is C14H20ClNO3S2. The van der Waals surface area contributed by atoms with Crippen molar-refractivity contribution < 1.29 is 13.2 Å². The number of thiophene rings is 1. The molecule has 1 aromatic heterocycles. The van der Waals surface area contributed by atoms with E-state index >= 15 is 0 Å². The first kappa shape index (κ1) is 16.8. The Labute approximate surface area is 134 Å². The van der Waals surface area contributed by atoms with Gasteiger partial charge in [0.1, 0.15) is 4.21 Å². The molecule has 0 bridgehead atoms. The van der Waals surface area contributed by atoms with Crippen LogP contribution in [0.5, 0.6) is 0 Å². The maximum absolute atomic E-state index is 12.8. The Morgan fingerprint density at radius 3 is 2.52 bits per heavy atom. The predicted octanol–water partition coefficient (Wildman–Crippen LogP) is 3.49. The van der Waals surface area contributed by atoms with E-state index in [1.165, 1.54) is 0 Å². The summed E-state index contributed by atoms with van der Waals surface area (Å²) in [5.74, 6) is 0.796. The highest BCUT2D eigenvalue weighted by molar-refractivity contribution is 8.15. The topological polar surface area (TPSA) is 54.5 Å². The van der Waals surface area contributed by atoms with E-state index in [0.717, 1.165) is 17.8 Å². The van der Waals surface area contributed by atoms with E-state index in [4.69, 9.17) is 10.7 Å². The molecule has 1 aliphatic heterocycles. The van der Waals surface area contributed by atoms with Crippen LogP contribution in [0.25, 0.3) is 0 Å². The molecule has 0 aliphatic carbocycles.